The van der Waals surface area contributed by atoms with Crippen LogP contribution in [0.25, 0.3) is 34.0 Å². The van der Waals surface area contributed by atoms with Crippen molar-refractivity contribution in [3.63, 3.8) is 0 Å². The molecule has 2 aromatic carbocycles. The second kappa shape index (κ2) is 12.1. The van der Waals surface area contributed by atoms with E-state index in [1.807, 2.05) is 23.5 Å². The summed E-state index contributed by atoms with van der Waals surface area (Å²) in [7, 11) is 4.26. The Morgan fingerprint density at radius 1 is 0.641 bits per heavy atom. The summed E-state index contributed by atoms with van der Waals surface area (Å²) < 4.78 is 9.62. The molecule has 0 spiro atoms. The third-order valence-corrected chi connectivity index (χ3v) is 10.0. The van der Waals surface area contributed by atoms with Gasteiger partial charge in [-0.2, -0.15) is 0 Å². The predicted molar refractivity (Wildman–Crippen MR) is 173 cm³/mol. The van der Waals surface area contributed by atoms with E-state index in [4.69, 9.17) is 0 Å². The molecule has 4 nitrogen and oxygen atoms in total. The maximum Gasteiger partial charge on any atom is 0.235 e. The Kier molecular flexibility index (Phi) is 8.12. The number of rotatable bonds is 10. The Bertz CT molecular complexity index is 1500. The molecule has 0 saturated carbocycles. The summed E-state index contributed by atoms with van der Waals surface area (Å²) in [6.45, 7) is 4.65. The van der Waals surface area contributed by atoms with E-state index in [9.17, 15) is 0 Å². The van der Waals surface area contributed by atoms with Crippen molar-refractivity contribution < 1.29 is 9.15 Å². The zero-order valence-electron chi connectivity index (χ0n) is 23.1. The molecule has 2 aliphatic rings. The van der Waals surface area contributed by atoms with Crippen LogP contribution < -0.4 is 0 Å². The fourth-order valence-corrected chi connectivity index (χ4v) is 7.89. The van der Waals surface area contributed by atoms with Crippen LogP contribution in [0.15, 0.2) is 73.1 Å². The first-order chi connectivity index (χ1) is 19.2. The third-order valence-electron chi connectivity index (χ3n) is 7.87. The van der Waals surface area contributed by atoms with E-state index in [1.165, 1.54) is 86.9 Å². The van der Waals surface area contributed by atoms with Crippen molar-refractivity contribution in [2.24, 2.45) is 14.1 Å². The van der Waals surface area contributed by atoms with Gasteiger partial charge in [0.2, 0.25) is 10.1 Å². The first kappa shape index (κ1) is 26.3. The molecule has 39 heavy (non-hydrogen) atoms. The fourth-order valence-electron chi connectivity index (χ4n) is 5.79. The number of benzene rings is 2. The van der Waals surface area contributed by atoms with Gasteiger partial charge in [0.05, 0.1) is 11.5 Å². The number of nitrogens with zero attached hydrogens (tertiary/aromatic N) is 4. The van der Waals surface area contributed by atoms with E-state index >= 15 is 0 Å². The van der Waals surface area contributed by atoms with Crippen LogP contribution >= 0.6 is 23.5 Å². The van der Waals surface area contributed by atoms with Crippen LogP contribution in [0.4, 0.5) is 0 Å². The zero-order chi connectivity index (χ0) is 26.6. The Balaban J connectivity index is 1.03. The molecular formula is C33H38N4S2+2. The number of hydrogen-bond acceptors (Lipinski definition) is 2. The lowest BCUT2D eigenvalue weighted by Gasteiger charge is -2.01. The summed E-state index contributed by atoms with van der Waals surface area (Å²) in [5, 5.41) is 5.50. The first-order valence-electron chi connectivity index (χ1n) is 14.1. The Labute approximate surface area is 240 Å². The minimum Gasteiger partial charge on any atom is -0.350 e. The maximum atomic E-state index is 2.59. The van der Waals surface area contributed by atoms with E-state index in [-0.39, 0.29) is 0 Å². The molecular weight excluding hydrogens is 517 g/mol. The number of aromatic nitrogens is 2. The van der Waals surface area contributed by atoms with Gasteiger partial charge in [-0.05, 0) is 30.7 Å². The van der Waals surface area contributed by atoms with Crippen LogP contribution in [0, 0.1) is 0 Å². The second-order valence-electron chi connectivity index (χ2n) is 10.5. The summed E-state index contributed by atoms with van der Waals surface area (Å²) in [6.07, 6.45) is 17.6. The SMILES string of the molecule is Cn1cc(/C=C/C2=[N+](CCCCC[N+]3=C(/C=C/c4cn(C)c5ccccc45)SCC3)CCS2)c2ccccc21. The molecule has 0 fully saturated rings. The molecule has 0 amide bonds. The average Bonchev–Trinajstić information content (AvgIpc) is 3.74. The molecule has 0 radical (unpaired) electrons. The molecule has 0 unspecified atom stereocenters. The summed E-state index contributed by atoms with van der Waals surface area (Å²) in [5.74, 6) is 2.39. The van der Waals surface area contributed by atoms with Gasteiger partial charge in [-0.1, -0.05) is 59.9 Å². The van der Waals surface area contributed by atoms with Crippen molar-refractivity contribution in [3.8, 4) is 0 Å². The molecule has 6 heteroatoms. The standard InChI is InChI=1S/C33H38N4S2/c1-34-24-26(28-10-4-6-12-30(28)34)14-16-32-36(20-22-38-32)18-8-3-9-19-37-21-23-39-33(37)17-15-27-25-35(2)31-13-7-5-11-29(27)31/h4-7,10-17,24-25H,3,8-9,18-23H2,1-2H3/q+2. The molecule has 2 aliphatic heterocycles. The molecule has 0 N–H and O–H groups in total. The van der Waals surface area contributed by atoms with Gasteiger partial charge in [-0.15, -0.1) is 0 Å². The molecule has 0 saturated heterocycles. The van der Waals surface area contributed by atoms with Crippen molar-refractivity contribution in [1.82, 2.24) is 9.13 Å². The van der Waals surface area contributed by atoms with E-state index in [2.05, 4.69) is 118 Å². The van der Waals surface area contributed by atoms with Gasteiger partial charge >= 0.3 is 0 Å². The molecule has 4 heterocycles. The number of para-hydroxylation sites is 2. The number of fused-ring (bicyclic) bond motifs is 2. The summed E-state index contributed by atoms with van der Waals surface area (Å²) in [6, 6.07) is 17.3. The average molecular weight is 555 g/mol. The van der Waals surface area contributed by atoms with E-state index in [0.717, 1.165) is 13.1 Å². The molecule has 0 atom stereocenters. The van der Waals surface area contributed by atoms with Crippen LogP contribution in [0.5, 0.6) is 0 Å². The summed E-state index contributed by atoms with van der Waals surface area (Å²) in [5.41, 5.74) is 5.19. The van der Waals surface area contributed by atoms with E-state index < -0.39 is 0 Å². The van der Waals surface area contributed by atoms with Gasteiger partial charge in [0.25, 0.3) is 0 Å². The quantitative estimate of drug-likeness (QED) is 0.157. The van der Waals surface area contributed by atoms with Gasteiger partial charge in [-0.25, -0.2) is 9.15 Å². The normalized spacial score (nSPS) is 16.5. The van der Waals surface area contributed by atoms with Gasteiger partial charge in [0.15, 0.2) is 13.1 Å². The molecule has 0 aliphatic carbocycles. The monoisotopic (exact) mass is 554 g/mol. The molecule has 200 valence electrons. The lowest BCUT2D eigenvalue weighted by Crippen LogP contribution is -2.17. The lowest BCUT2D eigenvalue weighted by molar-refractivity contribution is -0.521. The highest BCUT2D eigenvalue weighted by Crippen LogP contribution is 2.24. The smallest absolute Gasteiger partial charge is 0.235 e. The van der Waals surface area contributed by atoms with Crippen molar-refractivity contribution in [3.05, 3.63) is 84.2 Å². The maximum absolute atomic E-state index is 2.59. The lowest BCUT2D eigenvalue weighted by atomic mass is 10.1. The van der Waals surface area contributed by atoms with Gasteiger partial charge in [-0.3, -0.25) is 0 Å². The number of thioether (sulfide) groups is 2. The topological polar surface area (TPSA) is 15.9 Å². The van der Waals surface area contributed by atoms with Crippen molar-refractivity contribution in [2.45, 2.75) is 19.3 Å². The minimum atomic E-state index is 1.16. The summed E-state index contributed by atoms with van der Waals surface area (Å²) >= 11 is 4.00. The Morgan fingerprint density at radius 2 is 1.10 bits per heavy atom. The number of aryl methyl sites for hydroxylation is 2. The van der Waals surface area contributed by atoms with Crippen LogP contribution in [-0.4, -0.2) is 66.1 Å². The molecule has 6 rings (SSSR count). The highest BCUT2D eigenvalue weighted by atomic mass is 32.2. The summed E-state index contributed by atoms with van der Waals surface area (Å²) in [4.78, 5) is 0. The number of unbranched alkanes of at least 4 members (excludes halogenated alkanes) is 2. The molecule has 4 aromatic rings. The van der Waals surface area contributed by atoms with E-state index in [1.54, 1.807) is 0 Å². The predicted octanol–water partition coefficient (Wildman–Crippen LogP) is 6.88. The molecule has 0 bridgehead atoms. The first-order valence-corrected chi connectivity index (χ1v) is 16.1. The fraction of sp³-hybridized carbons (Fsp3) is 0.333. The van der Waals surface area contributed by atoms with Crippen molar-refractivity contribution in [1.29, 1.82) is 0 Å². The molecule has 2 aromatic heterocycles. The van der Waals surface area contributed by atoms with Crippen molar-refractivity contribution >= 4 is 67.6 Å². The highest BCUT2D eigenvalue weighted by molar-refractivity contribution is 8.14. The van der Waals surface area contributed by atoms with Crippen molar-refractivity contribution in [2.75, 3.05) is 37.7 Å². The van der Waals surface area contributed by atoms with Crippen LogP contribution in [0.1, 0.15) is 30.4 Å². The largest absolute Gasteiger partial charge is 0.350 e. The van der Waals surface area contributed by atoms with Gasteiger partial charge in [0.1, 0.15) is 13.1 Å². The highest BCUT2D eigenvalue weighted by Gasteiger charge is 2.22. The van der Waals surface area contributed by atoms with Crippen LogP contribution in [0.3, 0.4) is 0 Å². The zero-order valence-corrected chi connectivity index (χ0v) is 24.7. The van der Waals surface area contributed by atoms with E-state index in [0.29, 0.717) is 0 Å². The minimum absolute atomic E-state index is 1.16. The third kappa shape index (κ3) is 5.82. The van der Waals surface area contributed by atoms with Gasteiger partial charge < -0.3 is 9.13 Å². The Morgan fingerprint density at radius 3 is 1.59 bits per heavy atom. The number of hydrogen-bond donors (Lipinski definition) is 0. The van der Waals surface area contributed by atoms with Crippen LogP contribution in [-0.2, 0) is 14.1 Å². The second-order valence-corrected chi connectivity index (χ2v) is 12.7. The Hall–Kier alpha value is -2.96. The van der Waals surface area contributed by atoms with Gasteiger partial charge in [0, 0.05) is 84.4 Å². The van der Waals surface area contributed by atoms with Crippen LogP contribution in [0.2, 0.25) is 0 Å².